The maximum absolute atomic E-state index is 14.7. The number of ketones is 1. The molecule has 1 fully saturated rings. The highest BCUT2D eigenvalue weighted by Gasteiger charge is 2.29. The Morgan fingerprint density at radius 2 is 2.00 bits per heavy atom. The van der Waals surface area contributed by atoms with E-state index in [9.17, 15) is 9.18 Å². The number of carbonyl (C=O) groups excluding carboxylic acids is 1. The average Bonchev–Trinajstić information content (AvgIpc) is 3.38. The van der Waals surface area contributed by atoms with Crippen molar-refractivity contribution in [1.29, 1.82) is 0 Å². The number of aromatic amines is 1. The fourth-order valence-electron chi connectivity index (χ4n) is 3.48. The number of aromatic nitrogens is 6. The number of nitrogens with one attached hydrogen (secondary N) is 1. The standard InChI is InChI=1S/C17H17FN6O/c18-14-7-12(11-3-1-2-4-11)5-6-13(14)16(25)15(17-19-8-20-23-17)24-9-21-22-10-24/h5-11,15H,1-4H2,(H,19,20,23). The molecular weight excluding hydrogens is 323 g/mol. The van der Waals surface area contributed by atoms with Crippen molar-refractivity contribution in [1.82, 2.24) is 29.9 Å². The maximum Gasteiger partial charge on any atom is 0.196 e. The summed E-state index contributed by atoms with van der Waals surface area (Å²) in [7, 11) is 0. The molecule has 8 heteroatoms. The third kappa shape index (κ3) is 2.95. The molecule has 1 aliphatic carbocycles. The molecule has 1 N–H and O–H groups in total. The Hall–Kier alpha value is -2.90. The van der Waals surface area contributed by atoms with E-state index in [0.717, 1.165) is 18.4 Å². The second kappa shape index (κ2) is 6.54. The molecule has 0 aliphatic heterocycles. The molecule has 2 heterocycles. The zero-order chi connectivity index (χ0) is 17.2. The molecule has 1 atom stereocenters. The number of nitrogens with zero attached hydrogens (tertiary/aromatic N) is 5. The molecule has 4 rings (SSSR count). The first kappa shape index (κ1) is 15.6. The zero-order valence-electron chi connectivity index (χ0n) is 13.5. The van der Waals surface area contributed by atoms with Crippen LogP contribution in [0.3, 0.4) is 0 Å². The van der Waals surface area contributed by atoms with Crippen molar-refractivity contribution in [2.24, 2.45) is 0 Å². The van der Waals surface area contributed by atoms with Gasteiger partial charge in [0.25, 0.3) is 0 Å². The number of Topliss-reactive ketones (excluding diaryl/α,β-unsaturated/α-hetero) is 1. The fourth-order valence-corrected chi connectivity index (χ4v) is 3.48. The first-order valence-electron chi connectivity index (χ1n) is 8.27. The van der Waals surface area contributed by atoms with Crippen molar-refractivity contribution >= 4 is 5.78 Å². The quantitative estimate of drug-likeness (QED) is 0.721. The fraction of sp³-hybridized carbons (Fsp3) is 0.353. The summed E-state index contributed by atoms with van der Waals surface area (Å²) < 4.78 is 16.2. The molecule has 1 aliphatic rings. The highest BCUT2D eigenvalue weighted by molar-refractivity contribution is 6.00. The number of hydrogen-bond acceptors (Lipinski definition) is 5. The number of rotatable bonds is 5. The summed E-state index contributed by atoms with van der Waals surface area (Å²) in [6, 6.07) is 4.03. The van der Waals surface area contributed by atoms with Gasteiger partial charge in [-0.25, -0.2) is 9.37 Å². The minimum Gasteiger partial charge on any atom is -0.302 e. The lowest BCUT2D eigenvalue weighted by atomic mass is 9.94. The normalized spacial score (nSPS) is 16.2. The van der Waals surface area contributed by atoms with Crippen LogP contribution in [0.5, 0.6) is 0 Å². The van der Waals surface area contributed by atoms with Crippen molar-refractivity contribution in [2.75, 3.05) is 0 Å². The van der Waals surface area contributed by atoms with Gasteiger partial charge >= 0.3 is 0 Å². The van der Waals surface area contributed by atoms with Crippen molar-refractivity contribution in [3.63, 3.8) is 0 Å². The van der Waals surface area contributed by atoms with E-state index in [1.807, 2.05) is 6.07 Å². The van der Waals surface area contributed by atoms with Gasteiger partial charge in [-0.15, -0.1) is 10.2 Å². The number of carbonyl (C=O) groups is 1. The highest BCUT2D eigenvalue weighted by atomic mass is 19.1. The summed E-state index contributed by atoms with van der Waals surface area (Å²) in [5, 5.41) is 13.9. The Morgan fingerprint density at radius 3 is 2.64 bits per heavy atom. The third-order valence-corrected chi connectivity index (χ3v) is 4.76. The molecule has 0 amide bonds. The summed E-state index contributed by atoms with van der Waals surface area (Å²) in [6.07, 6.45) is 8.61. The minimum absolute atomic E-state index is 0.0249. The number of hydrogen-bond donors (Lipinski definition) is 1. The Labute approximate surface area is 143 Å². The van der Waals surface area contributed by atoms with E-state index in [1.54, 1.807) is 6.07 Å². The first-order valence-corrected chi connectivity index (χ1v) is 8.27. The molecule has 0 saturated heterocycles. The van der Waals surface area contributed by atoms with E-state index in [-0.39, 0.29) is 5.56 Å². The molecule has 0 spiro atoms. The Kier molecular flexibility index (Phi) is 4.09. The van der Waals surface area contributed by atoms with Gasteiger partial charge in [0.2, 0.25) is 0 Å². The van der Waals surface area contributed by atoms with Crippen LogP contribution in [0, 0.1) is 5.82 Å². The van der Waals surface area contributed by atoms with Gasteiger partial charge < -0.3 is 4.57 Å². The van der Waals surface area contributed by atoms with Crippen LogP contribution in [-0.4, -0.2) is 35.7 Å². The molecule has 3 aromatic rings. The molecule has 1 unspecified atom stereocenters. The van der Waals surface area contributed by atoms with E-state index < -0.39 is 17.6 Å². The van der Waals surface area contributed by atoms with Crippen LogP contribution in [0.2, 0.25) is 0 Å². The largest absolute Gasteiger partial charge is 0.302 e. The molecule has 0 radical (unpaired) electrons. The van der Waals surface area contributed by atoms with Gasteiger partial charge in [-0.2, -0.15) is 5.10 Å². The molecule has 2 aromatic heterocycles. The zero-order valence-corrected chi connectivity index (χ0v) is 13.5. The summed E-state index contributed by atoms with van der Waals surface area (Å²) >= 11 is 0. The van der Waals surface area contributed by atoms with Crippen LogP contribution < -0.4 is 0 Å². The molecule has 1 saturated carbocycles. The smallest absolute Gasteiger partial charge is 0.196 e. The third-order valence-electron chi connectivity index (χ3n) is 4.76. The van der Waals surface area contributed by atoms with Crippen LogP contribution in [0.15, 0.2) is 37.2 Å². The Morgan fingerprint density at radius 1 is 1.24 bits per heavy atom. The number of benzene rings is 1. The van der Waals surface area contributed by atoms with Gasteiger partial charge in [0.05, 0.1) is 5.56 Å². The van der Waals surface area contributed by atoms with Crippen LogP contribution >= 0.6 is 0 Å². The lowest BCUT2D eigenvalue weighted by molar-refractivity contribution is 0.0937. The second-order valence-corrected chi connectivity index (χ2v) is 6.27. The lowest BCUT2D eigenvalue weighted by Gasteiger charge is -2.16. The van der Waals surface area contributed by atoms with Crippen molar-refractivity contribution in [3.8, 4) is 0 Å². The lowest BCUT2D eigenvalue weighted by Crippen LogP contribution is -2.22. The molecule has 128 valence electrons. The van der Waals surface area contributed by atoms with E-state index in [1.165, 1.54) is 42.5 Å². The van der Waals surface area contributed by atoms with Gasteiger partial charge in [-0.3, -0.25) is 9.89 Å². The van der Waals surface area contributed by atoms with E-state index in [4.69, 9.17) is 0 Å². The molecule has 1 aromatic carbocycles. The summed E-state index contributed by atoms with van der Waals surface area (Å²) in [5.74, 6) is -0.232. The summed E-state index contributed by atoms with van der Waals surface area (Å²) in [5.41, 5.74) is 0.990. The molecule has 0 bridgehead atoms. The SMILES string of the molecule is O=C(c1ccc(C2CCCC2)cc1F)C(c1ncn[nH]1)n1cnnc1. The van der Waals surface area contributed by atoms with Crippen LogP contribution in [0.25, 0.3) is 0 Å². The predicted octanol–water partition coefficient (Wildman–Crippen LogP) is 2.67. The average molecular weight is 340 g/mol. The van der Waals surface area contributed by atoms with E-state index in [0.29, 0.717) is 11.7 Å². The van der Waals surface area contributed by atoms with Gasteiger partial charge in [-0.1, -0.05) is 18.9 Å². The van der Waals surface area contributed by atoms with Crippen LogP contribution in [-0.2, 0) is 0 Å². The van der Waals surface area contributed by atoms with Crippen LogP contribution in [0.4, 0.5) is 4.39 Å². The second-order valence-electron chi connectivity index (χ2n) is 6.27. The van der Waals surface area contributed by atoms with E-state index in [2.05, 4.69) is 25.4 Å². The highest BCUT2D eigenvalue weighted by Crippen LogP contribution is 2.35. The molecular formula is C17H17FN6O. The number of halogens is 1. The molecule has 7 nitrogen and oxygen atoms in total. The maximum atomic E-state index is 14.7. The van der Waals surface area contributed by atoms with Crippen molar-refractivity contribution in [3.05, 3.63) is 59.9 Å². The number of H-pyrrole nitrogens is 1. The van der Waals surface area contributed by atoms with Crippen LogP contribution in [0.1, 0.15) is 59.4 Å². The Bertz CT molecular complexity index is 821. The van der Waals surface area contributed by atoms with Gasteiger partial charge in [0, 0.05) is 0 Å². The topological polar surface area (TPSA) is 89.4 Å². The van der Waals surface area contributed by atoms with Gasteiger partial charge in [0.1, 0.15) is 24.8 Å². The van der Waals surface area contributed by atoms with Crippen molar-refractivity contribution < 1.29 is 9.18 Å². The molecule has 25 heavy (non-hydrogen) atoms. The van der Waals surface area contributed by atoms with Crippen molar-refractivity contribution in [2.45, 2.75) is 37.6 Å². The summed E-state index contributed by atoms with van der Waals surface area (Å²) in [4.78, 5) is 17.0. The monoisotopic (exact) mass is 340 g/mol. The van der Waals surface area contributed by atoms with Gasteiger partial charge in [0.15, 0.2) is 17.6 Å². The first-order chi connectivity index (χ1) is 12.2. The van der Waals surface area contributed by atoms with E-state index >= 15 is 0 Å². The Balaban J connectivity index is 1.68. The minimum atomic E-state index is -0.885. The summed E-state index contributed by atoms with van der Waals surface area (Å²) in [6.45, 7) is 0. The predicted molar refractivity (Wildman–Crippen MR) is 86.5 cm³/mol. The van der Waals surface area contributed by atoms with Gasteiger partial charge in [-0.05, 0) is 36.5 Å².